The molecule has 1 atom stereocenters. The van der Waals surface area contributed by atoms with Gasteiger partial charge in [-0.15, -0.1) is 0 Å². The van der Waals surface area contributed by atoms with Crippen LogP contribution in [0.25, 0.3) is 0 Å². The van der Waals surface area contributed by atoms with Gasteiger partial charge >= 0.3 is 0 Å². The SMILES string of the molecule is CCCOc1ccc(N2C(=O)CNC(=O)C2C)cc1. The van der Waals surface area contributed by atoms with Crippen molar-refractivity contribution in [3.05, 3.63) is 24.3 Å². The molecule has 1 fully saturated rings. The molecule has 0 radical (unpaired) electrons. The zero-order chi connectivity index (χ0) is 13.8. The molecule has 0 aliphatic carbocycles. The lowest BCUT2D eigenvalue weighted by atomic mass is 10.1. The number of benzene rings is 1. The number of nitrogens with zero attached hydrogens (tertiary/aromatic N) is 1. The molecular weight excluding hydrogens is 244 g/mol. The van der Waals surface area contributed by atoms with E-state index in [1.54, 1.807) is 19.1 Å². The summed E-state index contributed by atoms with van der Waals surface area (Å²) in [6, 6.07) is 6.76. The van der Waals surface area contributed by atoms with Crippen molar-refractivity contribution in [2.75, 3.05) is 18.1 Å². The Morgan fingerprint density at radius 1 is 1.32 bits per heavy atom. The quantitative estimate of drug-likeness (QED) is 0.890. The number of amides is 2. The molecule has 1 aliphatic heterocycles. The molecular formula is C14H18N2O3. The summed E-state index contributed by atoms with van der Waals surface area (Å²) in [4.78, 5) is 25.0. The van der Waals surface area contributed by atoms with Crippen LogP contribution in [0.2, 0.25) is 0 Å². The van der Waals surface area contributed by atoms with E-state index >= 15 is 0 Å². The van der Waals surface area contributed by atoms with Crippen molar-refractivity contribution >= 4 is 17.5 Å². The fraction of sp³-hybridized carbons (Fsp3) is 0.429. The first-order valence-corrected chi connectivity index (χ1v) is 6.46. The Bertz CT molecular complexity index is 470. The molecule has 1 unspecified atom stereocenters. The van der Waals surface area contributed by atoms with Crippen molar-refractivity contribution < 1.29 is 14.3 Å². The van der Waals surface area contributed by atoms with Gasteiger partial charge in [-0.25, -0.2) is 0 Å². The summed E-state index contributed by atoms with van der Waals surface area (Å²) >= 11 is 0. The molecule has 0 saturated carbocycles. The minimum atomic E-state index is -0.483. The minimum Gasteiger partial charge on any atom is -0.494 e. The van der Waals surface area contributed by atoms with Gasteiger partial charge in [0.2, 0.25) is 11.8 Å². The van der Waals surface area contributed by atoms with E-state index in [1.807, 2.05) is 19.1 Å². The van der Waals surface area contributed by atoms with E-state index in [9.17, 15) is 9.59 Å². The predicted molar refractivity (Wildman–Crippen MR) is 72.2 cm³/mol. The Balaban J connectivity index is 2.16. The summed E-state index contributed by atoms with van der Waals surface area (Å²) in [5.41, 5.74) is 0.719. The van der Waals surface area contributed by atoms with Crippen LogP contribution in [0.5, 0.6) is 5.75 Å². The van der Waals surface area contributed by atoms with E-state index in [-0.39, 0.29) is 18.4 Å². The monoisotopic (exact) mass is 262 g/mol. The lowest BCUT2D eigenvalue weighted by molar-refractivity contribution is -0.130. The van der Waals surface area contributed by atoms with Crippen LogP contribution in [-0.4, -0.2) is 31.0 Å². The summed E-state index contributed by atoms with van der Waals surface area (Å²) in [7, 11) is 0. The third-order valence-electron chi connectivity index (χ3n) is 3.04. The number of carbonyl (C=O) groups excluding carboxylic acids is 2. The van der Waals surface area contributed by atoms with Gasteiger partial charge in [-0.3, -0.25) is 14.5 Å². The second-order valence-corrected chi connectivity index (χ2v) is 4.50. The van der Waals surface area contributed by atoms with Crippen LogP contribution < -0.4 is 15.0 Å². The fourth-order valence-electron chi connectivity index (χ4n) is 2.02. The molecule has 0 bridgehead atoms. The van der Waals surface area contributed by atoms with Gasteiger partial charge in [0.05, 0.1) is 13.2 Å². The Hall–Kier alpha value is -2.04. The number of anilines is 1. The predicted octanol–water partition coefficient (Wildman–Crippen LogP) is 1.33. The molecule has 0 spiro atoms. The molecule has 1 aromatic carbocycles. The zero-order valence-corrected chi connectivity index (χ0v) is 11.2. The molecule has 1 aromatic rings. The number of rotatable bonds is 4. The third kappa shape index (κ3) is 2.86. The average molecular weight is 262 g/mol. The van der Waals surface area contributed by atoms with Crippen LogP contribution in [0.15, 0.2) is 24.3 Å². The summed E-state index contributed by atoms with van der Waals surface area (Å²) < 4.78 is 5.49. The molecule has 2 rings (SSSR count). The molecule has 5 nitrogen and oxygen atoms in total. The maximum absolute atomic E-state index is 11.9. The first kappa shape index (κ1) is 13.4. The van der Waals surface area contributed by atoms with E-state index < -0.39 is 6.04 Å². The van der Waals surface area contributed by atoms with Gasteiger partial charge < -0.3 is 10.1 Å². The van der Waals surface area contributed by atoms with Gasteiger partial charge in [-0.1, -0.05) is 6.92 Å². The van der Waals surface area contributed by atoms with Crippen LogP contribution in [0.3, 0.4) is 0 Å². The lowest BCUT2D eigenvalue weighted by Crippen LogP contribution is -2.57. The topological polar surface area (TPSA) is 58.6 Å². The third-order valence-corrected chi connectivity index (χ3v) is 3.04. The Labute approximate surface area is 112 Å². The van der Waals surface area contributed by atoms with Crippen molar-refractivity contribution in [3.63, 3.8) is 0 Å². The van der Waals surface area contributed by atoms with E-state index in [0.717, 1.165) is 17.9 Å². The maximum Gasteiger partial charge on any atom is 0.247 e. The van der Waals surface area contributed by atoms with Crippen LogP contribution in [0.4, 0.5) is 5.69 Å². The van der Waals surface area contributed by atoms with Crippen molar-refractivity contribution in [2.45, 2.75) is 26.3 Å². The van der Waals surface area contributed by atoms with Gasteiger partial charge in [0.25, 0.3) is 0 Å². The van der Waals surface area contributed by atoms with Gasteiger partial charge in [0.1, 0.15) is 11.8 Å². The maximum atomic E-state index is 11.9. The molecule has 0 aromatic heterocycles. The van der Waals surface area contributed by atoms with Crippen molar-refractivity contribution in [1.29, 1.82) is 0 Å². The van der Waals surface area contributed by atoms with Gasteiger partial charge in [0, 0.05) is 5.69 Å². The Kier molecular flexibility index (Phi) is 4.04. The molecule has 1 saturated heterocycles. The number of ether oxygens (including phenoxy) is 1. The number of hydrogen-bond donors (Lipinski definition) is 1. The average Bonchev–Trinajstić information content (AvgIpc) is 2.42. The zero-order valence-electron chi connectivity index (χ0n) is 11.2. The first-order chi connectivity index (χ1) is 9.13. The highest BCUT2D eigenvalue weighted by Crippen LogP contribution is 2.23. The fourth-order valence-corrected chi connectivity index (χ4v) is 2.02. The highest BCUT2D eigenvalue weighted by atomic mass is 16.5. The van der Waals surface area contributed by atoms with Crippen molar-refractivity contribution in [3.8, 4) is 5.75 Å². The van der Waals surface area contributed by atoms with Crippen molar-refractivity contribution in [1.82, 2.24) is 5.32 Å². The normalized spacial score (nSPS) is 19.3. The van der Waals surface area contributed by atoms with E-state index in [4.69, 9.17) is 4.74 Å². The Morgan fingerprint density at radius 3 is 2.63 bits per heavy atom. The van der Waals surface area contributed by atoms with Gasteiger partial charge in [0.15, 0.2) is 0 Å². The highest BCUT2D eigenvalue weighted by Gasteiger charge is 2.31. The molecule has 1 N–H and O–H groups in total. The van der Waals surface area contributed by atoms with Crippen LogP contribution in [-0.2, 0) is 9.59 Å². The summed E-state index contributed by atoms with van der Waals surface area (Å²) in [5.74, 6) is 0.535. The minimum absolute atomic E-state index is 0.0528. The number of nitrogens with one attached hydrogen (secondary N) is 1. The lowest BCUT2D eigenvalue weighted by Gasteiger charge is -2.32. The van der Waals surface area contributed by atoms with Gasteiger partial charge in [-0.2, -0.15) is 0 Å². The molecule has 19 heavy (non-hydrogen) atoms. The molecule has 5 heteroatoms. The van der Waals surface area contributed by atoms with E-state index in [0.29, 0.717) is 6.61 Å². The number of carbonyl (C=O) groups is 2. The molecule has 2 amide bonds. The smallest absolute Gasteiger partial charge is 0.247 e. The molecule has 1 heterocycles. The van der Waals surface area contributed by atoms with Crippen LogP contribution in [0, 0.1) is 0 Å². The van der Waals surface area contributed by atoms with E-state index in [1.165, 1.54) is 4.90 Å². The highest BCUT2D eigenvalue weighted by molar-refractivity contribution is 6.06. The standard InChI is InChI=1S/C14H18N2O3/c1-3-8-19-12-6-4-11(5-7-12)16-10(2)14(18)15-9-13(16)17/h4-7,10H,3,8-9H2,1-2H3,(H,15,18). The van der Waals surface area contributed by atoms with Gasteiger partial charge in [-0.05, 0) is 37.6 Å². The van der Waals surface area contributed by atoms with Crippen molar-refractivity contribution in [2.24, 2.45) is 0 Å². The Morgan fingerprint density at radius 2 is 2.00 bits per heavy atom. The van der Waals surface area contributed by atoms with Crippen LogP contribution >= 0.6 is 0 Å². The molecule has 1 aliphatic rings. The second kappa shape index (κ2) is 5.73. The summed E-state index contributed by atoms with van der Waals surface area (Å²) in [5, 5.41) is 2.57. The molecule has 102 valence electrons. The number of hydrogen-bond acceptors (Lipinski definition) is 3. The second-order valence-electron chi connectivity index (χ2n) is 4.50. The summed E-state index contributed by atoms with van der Waals surface area (Å²) in [6.07, 6.45) is 0.948. The largest absolute Gasteiger partial charge is 0.494 e. The van der Waals surface area contributed by atoms with Crippen LogP contribution in [0.1, 0.15) is 20.3 Å². The van der Waals surface area contributed by atoms with E-state index in [2.05, 4.69) is 5.32 Å². The number of piperazine rings is 1. The first-order valence-electron chi connectivity index (χ1n) is 6.46. The summed E-state index contributed by atoms with van der Waals surface area (Å²) in [6.45, 7) is 4.48.